The molecule has 1 atom stereocenters. The summed E-state index contributed by atoms with van der Waals surface area (Å²) in [5, 5.41) is 7.86. The van der Waals surface area contributed by atoms with Crippen molar-refractivity contribution in [3.8, 4) is 0 Å². The molecule has 0 radical (unpaired) electrons. The molecule has 0 saturated carbocycles. The highest BCUT2D eigenvalue weighted by atomic mass is 16.5. The van der Waals surface area contributed by atoms with Crippen LogP contribution in [0.1, 0.15) is 54.3 Å². The van der Waals surface area contributed by atoms with E-state index in [0.717, 1.165) is 4.90 Å². The highest BCUT2D eigenvalue weighted by Gasteiger charge is 2.44. The highest BCUT2D eigenvalue weighted by Crippen LogP contribution is 2.29. The van der Waals surface area contributed by atoms with Crippen molar-refractivity contribution in [2.24, 2.45) is 0 Å². The van der Waals surface area contributed by atoms with E-state index in [1.165, 1.54) is 12.1 Å². The Labute approximate surface area is 173 Å². The van der Waals surface area contributed by atoms with Crippen LogP contribution in [-0.4, -0.2) is 59.4 Å². The molecule has 1 aromatic carbocycles. The van der Waals surface area contributed by atoms with E-state index in [1.54, 1.807) is 6.07 Å². The first kappa shape index (κ1) is 21.3. The number of hydrogen-bond donors (Lipinski definition) is 3. The van der Waals surface area contributed by atoms with Gasteiger partial charge in [-0.2, -0.15) is 0 Å². The maximum absolute atomic E-state index is 12.8. The third kappa shape index (κ3) is 4.58. The molecule has 3 N–H and O–H groups in total. The summed E-state index contributed by atoms with van der Waals surface area (Å²) in [5.41, 5.74) is 0.559. The number of piperidine rings is 1. The second-order valence-corrected chi connectivity index (χ2v) is 8.15. The molecule has 1 fully saturated rings. The summed E-state index contributed by atoms with van der Waals surface area (Å²) in [5.74, 6) is -2.20. The molecule has 0 aromatic heterocycles. The Morgan fingerprint density at radius 1 is 1.17 bits per heavy atom. The molecule has 5 amide bonds. The molecule has 30 heavy (non-hydrogen) atoms. The van der Waals surface area contributed by atoms with Crippen LogP contribution in [0.5, 0.6) is 0 Å². The summed E-state index contributed by atoms with van der Waals surface area (Å²) >= 11 is 0. The van der Waals surface area contributed by atoms with Crippen molar-refractivity contribution in [1.29, 1.82) is 0 Å². The highest BCUT2D eigenvalue weighted by molar-refractivity contribution is 6.23. The first-order valence-corrected chi connectivity index (χ1v) is 9.61. The van der Waals surface area contributed by atoms with Crippen LogP contribution in [0.4, 0.5) is 10.5 Å². The quantitative estimate of drug-likeness (QED) is 0.482. The molecule has 2 aliphatic heterocycles. The number of benzene rings is 1. The zero-order valence-corrected chi connectivity index (χ0v) is 17.0. The molecule has 3 rings (SSSR count). The lowest BCUT2D eigenvalue weighted by molar-refractivity contribution is -0.136. The Morgan fingerprint density at radius 2 is 1.87 bits per heavy atom. The van der Waals surface area contributed by atoms with E-state index in [-0.39, 0.29) is 30.6 Å². The number of anilines is 1. The standard InChI is InChI=1S/C20H24N4O6/c1-20(2,3)23-19(29)30-9-8-21-11-4-5-12-13(10-11)18(28)24(17(12)27)14-6-7-15(25)22-16(14)26/h4-5,10,14,21H,6-9H2,1-3H3,(H,23,29)(H,22,25,26). The number of imide groups is 2. The monoisotopic (exact) mass is 416 g/mol. The van der Waals surface area contributed by atoms with Gasteiger partial charge < -0.3 is 15.4 Å². The predicted octanol–water partition coefficient (Wildman–Crippen LogP) is 1.02. The first-order valence-electron chi connectivity index (χ1n) is 9.61. The molecule has 0 aliphatic carbocycles. The van der Waals surface area contributed by atoms with Crippen molar-refractivity contribution >= 4 is 35.4 Å². The van der Waals surface area contributed by atoms with Gasteiger partial charge in [-0.1, -0.05) is 0 Å². The second-order valence-electron chi connectivity index (χ2n) is 8.15. The van der Waals surface area contributed by atoms with E-state index in [9.17, 15) is 24.0 Å². The first-order chi connectivity index (χ1) is 14.1. The number of carbonyl (C=O) groups is 5. The lowest BCUT2D eigenvalue weighted by Gasteiger charge is -2.27. The summed E-state index contributed by atoms with van der Waals surface area (Å²) in [4.78, 5) is 61.4. The molecule has 2 aliphatic rings. The van der Waals surface area contributed by atoms with Crippen molar-refractivity contribution in [3.05, 3.63) is 29.3 Å². The predicted molar refractivity (Wildman–Crippen MR) is 106 cm³/mol. The number of hydrogen-bond acceptors (Lipinski definition) is 7. The van der Waals surface area contributed by atoms with Gasteiger partial charge in [0.15, 0.2) is 0 Å². The Morgan fingerprint density at radius 3 is 2.53 bits per heavy atom. The van der Waals surface area contributed by atoms with Crippen LogP contribution in [0, 0.1) is 0 Å². The van der Waals surface area contributed by atoms with Crippen LogP contribution < -0.4 is 16.0 Å². The van der Waals surface area contributed by atoms with Gasteiger partial charge in [-0.25, -0.2) is 4.79 Å². The number of fused-ring (bicyclic) bond motifs is 1. The fourth-order valence-electron chi connectivity index (χ4n) is 3.26. The molecule has 0 spiro atoms. The normalized spacial score (nSPS) is 18.8. The van der Waals surface area contributed by atoms with Gasteiger partial charge in [0.1, 0.15) is 12.6 Å². The van der Waals surface area contributed by atoms with Crippen molar-refractivity contribution in [2.75, 3.05) is 18.5 Å². The minimum atomic E-state index is -0.999. The van der Waals surface area contributed by atoms with Crippen LogP contribution in [0.3, 0.4) is 0 Å². The van der Waals surface area contributed by atoms with E-state index in [1.807, 2.05) is 20.8 Å². The average Bonchev–Trinajstić information content (AvgIpc) is 2.88. The van der Waals surface area contributed by atoms with Gasteiger partial charge in [0.05, 0.1) is 11.1 Å². The van der Waals surface area contributed by atoms with Gasteiger partial charge in [0, 0.05) is 24.2 Å². The SMILES string of the molecule is CC(C)(C)NC(=O)OCCNc1ccc2c(c1)C(=O)N(C1CCC(=O)NC1=O)C2=O. The minimum Gasteiger partial charge on any atom is -0.448 e. The molecule has 1 saturated heterocycles. The summed E-state index contributed by atoms with van der Waals surface area (Å²) in [7, 11) is 0. The molecule has 2 heterocycles. The van der Waals surface area contributed by atoms with E-state index >= 15 is 0 Å². The second kappa shape index (κ2) is 8.13. The van der Waals surface area contributed by atoms with Gasteiger partial charge in [0.25, 0.3) is 11.8 Å². The van der Waals surface area contributed by atoms with Crippen molar-refractivity contribution in [1.82, 2.24) is 15.5 Å². The lowest BCUT2D eigenvalue weighted by Crippen LogP contribution is -2.54. The van der Waals surface area contributed by atoms with Crippen molar-refractivity contribution < 1.29 is 28.7 Å². The minimum absolute atomic E-state index is 0.0689. The topological polar surface area (TPSA) is 134 Å². The number of ether oxygens (including phenoxy) is 1. The third-order valence-electron chi connectivity index (χ3n) is 4.58. The van der Waals surface area contributed by atoms with E-state index in [0.29, 0.717) is 12.2 Å². The largest absolute Gasteiger partial charge is 0.448 e. The van der Waals surface area contributed by atoms with Gasteiger partial charge >= 0.3 is 6.09 Å². The summed E-state index contributed by atoms with van der Waals surface area (Å²) in [6, 6.07) is 3.67. The van der Waals surface area contributed by atoms with Gasteiger partial charge in [-0.05, 0) is 45.4 Å². The van der Waals surface area contributed by atoms with Crippen LogP contribution in [0.25, 0.3) is 0 Å². The Hall–Kier alpha value is -3.43. The maximum Gasteiger partial charge on any atom is 0.407 e. The van der Waals surface area contributed by atoms with E-state index in [4.69, 9.17) is 4.74 Å². The molecular weight excluding hydrogens is 392 g/mol. The maximum atomic E-state index is 12.8. The van der Waals surface area contributed by atoms with Gasteiger partial charge in [0.2, 0.25) is 11.8 Å². The van der Waals surface area contributed by atoms with Crippen molar-refractivity contribution in [2.45, 2.75) is 45.2 Å². The Bertz CT molecular complexity index is 920. The van der Waals surface area contributed by atoms with Crippen LogP contribution >= 0.6 is 0 Å². The fourth-order valence-corrected chi connectivity index (χ4v) is 3.26. The molecule has 1 aromatic rings. The number of amides is 5. The number of nitrogens with zero attached hydrogens (tertiary/aromatic N) is 1. The zero-order chi connectivity index (χ0) is 22.1. The molecular formula is C20H24N4O6. The summed E-state index contributed by atoms with van der Waals surface area (Å²) < 4.78 is 5.07. The molecule has 1 unspecified atom stereocenters. The third-order valence-corrected chi connectivity index (χ3v) is 4.58. The number of alkyl carbamates (subject to hydrolysis) is 1. The van der Waals surface area contributed by atoms with Gasteiger partial charge in [-0.3, -0.25) is 29.4 Å². The molecule has 10 heteroatoms. The van der Waals surface area contributed by atoms with Crippen LogP contribution in [0.15, 0.2) is 18.2 Å². The summed E-state index contributed by atoms with van der Waals surface area (Å²) in [6.07, 6.45) is -0.354. The van der Waals surface area contributed by atoms with Crippen molar-refractivity contribution in [3.63, 3.8) is 0 Å². The fraction of sp³-hybridized carbons (Fsp3) is 0.450. The van der Waals surface area contributed by atoms with Gasteiger partial charge in [-0.15, -0.1) is 0 Å². The molecule has 10 nitrogen and oxygen atoms in total. The van der Waals surface area contributed by atoms with Crippen LogP contribution in [0.2, 0.25) is 0 Å². The number of carbonyl (C=O) groups excluding carboxylic acids is 5. The zero-order valence-electron chi connectivity index (χ0n) is 17.0. The summed E-state index contributed by atoms with van der Waals surface area (Å²) in [6.45, 7) is 5.93. The van der Waals surface area contributed by atoms with E-state index < -0.39 is 41.3 Å². The van der Waals surface area contributed by atoms with E-state index in [2.05, 4.69) is 16.0 Å². The average molecular weight is 416 g/mol. The molecule has 160 valence electrons. The smallest absolute Gasteiger partial charge is 0.407 e. The Balaban J connectivity index is 1.61. The number of rotatable bonds is 5. The van der Waals surface area contributed by atoms with Crippen LogP contribution in [-0.2, 0) is 14.3 Å². The molecule has 0 bridgehead atoms. The Kier molecular flexibility index (Phi) is 5.77. The number of nitrogens with one attached hydrogen (secondary N) is 3. The lowest BCUT2D eigenvalue weighted by atomic mass is 10.0.